The molecule has 7 heteroatoms. The van der Waals surface area contributed by atoms with Crippen molar-refractivity contribution in [2.45, 2.75) is 11.8 Å². The van der Waals surface area contributed by atoms with Gasteiger partial charge in [0.1, 0.15) is 11.1 Å². The molecule has 152 valence electrons. The zero-order valence-electron chi connectivity index (χ0n) is 16.2. The van der Waals surface area contributed by atoms with E-state index < -0.39 is 0 Å². The van der Waals surface area contributed by atoms with E-state index >= 15 is 0 Å². The smallest absolute Gasteiger partial charge is 0.271 e. The predicted molar refractivity (Wildman–Crippen MR) is 117 cm³/mol. The number of carbonyl (C=O) groups excluding carboxylic acids is 2. The van der Waals surface area contributed by atoms with Crippen molar-refractivity contribution in [3.8, 4) is 0 Å². The number of furan rings is 1. The Morgan fingerprint density at radius 1 is 1.13 bits per heavy atom. The third kappa shape index (κ3) is 4.80. The van der Waals surface area contributed by atoms with E-state index in [4.69, 9.17) is 4.42 Å². The second-order valence-electron chi connectivity index (χ2n) is 6.82. The van der Waals surface area contributed by atoms with Gasteiger partial charge in [-0.05, 0) is 41.8 Å². The Kier molecular flexibility index (Phi) is 6.29. The Morgan fingerprint density at radius 3 is 2.67 bits per heavy atom. The van der Waals surface area contributed by atoms with Gasteiger partial charge in [0.25, 0.3) is 5.91 Å². The summed E-state index contributed by atoms with van der Waals surface area (Å²) >= 11 is 1.62. The fourth-order valence-corrected chi connectivity index (χ4v) is 4.47. The highest BCUT2D eigenvalue weighted by Gasteiger charge is 2.32. The van der Waals surface area contributed by atoms with Crippen molar-refractivity contribution in [3.63, 3.8) is 0 Å². The molecule has 1 aliphatic heterocycles. The normalized spacial score (nSPS) is 16.3. The average Bonchev–Trinajstić information content (AvgIpc) is 3.43. The van der Waals surface area contributed by atoms with E-state index in [0.717, 1.165) is 12.0 Å². The molecular formula is C23H21N3O3S. The van der Waals surface area contributed by atoms with Crippen LogP contribution < -0.4 is 5.43 Å². The number of carbonyl (C=O) groups is 2. The molecule has 2 heterocycles. The van der Waals surface area contributed by atoms with Gasteiger partial charge in [-0.15, -0.1) is 11.8 Å². The summed E-state index contributed by atoms with van der Waals surface area (Å²) in [5.41, 5.74) is 5.20. The van der Waals surface area contributed by atoms with Gasteiger partial charge in [0.05, 0.1) is 18.2 Å². The van der Waals surface area contributed by atoms with Gasteiger partial charge in [-0.2, -0.15) is 5.10 Å². The molecule has 0 radical (unpaired) electrons. The minimum absolute atomic E-state index is 0.0321. The number of thioether (sulfide) groups is 1. The average molecular weight is 420 g/mol. The molecule has 2 aromatic carbocycles. The molecule has 1 aliphatic rings. The number of rotatable bonds is 7. The van der Waals surface area contributed by atoms with Gasteiger partial charge in [-0.1, -0.05) is 42.5 Å². The molecule has 1 aromatic heterocycles. The first-order valence-electron chi connectivity index (χ1n) is 9.62. The summed E-state index contributed by atoms with van der Waals surface area (Å²) in [4.78, 5) is 26.6. The van der Waals surface area contributed by atoms with E-state index in [1.54, 1.807) is 36.0 Å². The van der Waals surface area contributed by atoms with Crippen molar-refractivity contribution < 1.29 is 14.0 Å². The SMILES string of the molecule is O=C(N/N=C\c1ccco1)c1ccc([C@H]2SCC(=O)N2CCc2ccccc2)cc1. The monoisotopic (exact) mass is 419 g/mol. The molecule has 0 spiro atoms. The van der Waals surface area contributed by atoms with Crippen molar-refractivity contribution in [1.29, 1.82) is 0 Å². The van der Waals surface area contributed by atoms with Gasteiger partial charge in [-0.25, -0.2) is 5.43 Å². The van der Waals surface area contributed by atoms with Crippen molar-refractivity contribution in [3.05, 3.63) is 95.4 Å². The highest BCUT2D eigenvalue weighted by atomic mass is 32.2. The minimum atomic E-state index is -0.305. The summed E-state index contributed by atoms with van der Waals surface area (Å²) in [6, 6.07) is 21.0. The summed E-state index contributed by atoms with van der Waals surface area (Å²) in [6.07, 6.45) is 3.80. The molecule has 2 amide bonds. The third-order valence-corrected chi connectivity index (χ3v) is 6.07. The largest absolute Gasteiger partial charge is 0.463 e. The maximum absolute atomic E-state index is 12.4. The van der Waals surface area contributed by atoms with E-state index in [1.165, 1.54) is 18.0 Å². The highest BCUT2D eigenvalue weighted by Crippen LogP contribution is 2.38. The summed E-state index contributed by atoms with van der Waals surface area (Å²) in [5, 5.41) is 3.86. The molecule has 1 atom stereocenters. The lowest BCUT2D eigenvalue weighted by Crippen LogP contribution is -2.30. The molecule has 0 bridgehead atoms. The zero-order valence-corrected chi connectivity index (χ0v) is 17.0. The van der Waals surface area contributed by atoms with Crippen LogP contribution in [0.5, 0.6) is 0 Å². The van der Waals surface area contributed by atoms with Gasteiger partial charge in [0.15, 0.2) is 0 Å². The van der Waals surface area contributed by atoms with Gasteiger partial charge >= 0.3 is 0 Å². The molecule has 1 fully saturated rings. The second kappa shape index (κ2) is 9.45. The minimum Gasteiger partial charge on any atom is -0.463 e. The number of amides is 2. The molecule has 1 saturated heterocycles. The fourth-order valence-electron chi connectivity index (χ4n) is 3.25. The van der Waals surface area contributed by atoms with Crippen LogP contribution in [0.2, 0.25) is 0 Å². The third-order valence-electron chi connectivity index (χ3n) is 4.81. The van der Waals surface area contributed by atoms with Crippen LogP contribution in [0.3, 0.4) is 0 Å². The topological polar surface area (TPSA) is 74.9 Å². The highest BCUT2D eigenvalue weighted by molar-refractivity contribution is 8.00. The number of nitrogens with zero attached hydrogens (tertiary/aromatic N) is 2. The van der Waals surface area contributed by atoms with Crippen LogP contribution in [0, 0.1) is 0 Å². The molecule has 6 nitrogen and oxygen atoms in total. The fraction of sp³-hybridized carbons (Fsp3) is 0.174. The van der Waals surface area contributed by atoms with Crippen molar-refractivity contribution in [1.82, 2.24) is 10.3 Å². The first kappa shape index (κ1) is 20.0. The Balaban J connectivity index is 1.38. The summed E-state index contributed by atoms with van der Waals surface area (Å²) in [5.74, 6) is 0.878. The van der Waals surface area contributed by atoms with Crippen LogP contribution in [0.1, 0.15) is 32.6 Å². The molecule has 3 aromatic rings. The Bertz CT molecular complexity index is 1020. The lowest BCUT2D eigenvalue weighted by molar-refractivity contribution is -0.128. The van der Waals surface area contributed by atoms with Gasteiger partial charge in [-0.3, -0.25) is 9.59 Å². The molecule has 0 aliphatic carbocycles. The molecule has 1 N–H and O–H groups in total. The molecule has 0 saturated carbocycles. The number of benzene rings is 2. The Morgan fingerprint density at radius 2 is 1.93 bits per heavy atom. The molecule has 30 heavy (non-hydrogen) atoms. The van der Waals surface area contributed by atoms with Crippen molar-refractivity contribution in [2.24, 2.45) is 5.10 Å². The van der Waals surface area contributed by atoms with E-state index in [-0.39, 0.29) is 17.2 Å². The van der Waals surface area contributed by atoms with Crippen molar-refractivity contribution in [2.75, 3.05) is 12.3 Å². The zero-order chi connectivity index (χ0) is 20.8. The second-order valence-corrected chi connectivity index (χ2v) is 7.89. The summed E-state index contributed by atoms with van der Waals surface area (Å²) in [7, 11) is 0. The number of hydrogen-bond donors (Lipinski definition) is 1. The van der Waals surface area contributed by atoms with Gasteiger partial charge < -0.3 is 9.32 Å². The number of hydrogen-bond acceptors (Lipinski definition) is 5. The first-order chi connectivity index (χ1) is 14.7. The van der Waals surface area contributed by atoms with Crippen LogP contribution in [-0.2, 0) is 11.2 Å². The Labute approximate surface area is 179 Å². The van der Waals surface area contributed by atoms with Crippen LogP contribution in [-0.4, -0.2) is 35.2 Å². The summed E-state index contributed by atoms with van der Waals surface area (Å²) < 4.78 is 5.13. The lowest BCUT2D eigenvalue weighted by Gasteiger charge is -2.24. The first-order valence-corrected chi connectivity index (χ1v) is 10.7. The molecule has 4 rings (SSSR count). The van der Waals surface area contributed by atoms with Crippen molar-refractivity contribution >= 4 is 29.8 Å². The van der Waals surface area contributed by atoms with Crippen LogP contribution >= 0.6 is 11.8 Å². The maximum atomic E-state index is 12.4. The standard InChI is InChI=1S/C23H21N3O3S/c27-21-16-30-23(26(21)13-12-17-5-2-1-3-6-17)19-10-8-18(9-11-19)22(28)25-24-15-20-7-4-14-29-20/h1-11,14-15,23H,12-13,16H2,(H,25,28)/b24-15-/t23-/m1/s1. The maximum Gasteiger partial charge on any atom is 0.271 e. The quantitative estimate of drug-likeness (QED) is 0.466. The molecule has 0 unspecified atom stereocenters. The van der Waals surface area contributed by atoms with E-state index in [0.29, 0.717) is 23.6 Å². The summed E-state index contributed by atoms with van der Waals surface area (Å²) in [6.45, 7) is 0.671. The lowest BCUT2D eigenvalue weighted by atomic mass is 10.1. The van der Waals surface area contributed by atoms with Crippen LogP contribution in [0.15, 0.2) is 82.5 Å². The Hall–Kier alpha value is -3.32. The predicted octanol–water partition coefficient (Wildman–Crippen LogP) is 3.86. The van der Waals surface area contributed by atoms with Crippen LogP contribution in [0.4, 0.5) is 0 Å². The number of nitrogens with one attached hydrogen (secondary N) is 1. The van der Waals surface area contributed by atoms with E-state index in [2.05, 4.69) is 22.7 Å². The molecular weight excluding hydrogens is 398 g/mol. The van der Waals surface area contributed by atoms with Gasteiger partial charge in [0, 0.05) is 12.1 Å². The number of hydrazone groups is 1. The van der Waals surface area contributed by atoms with E-state index in [9.17, 15) is 9.59 Å². The van der Waals surface area contributed by atoms with Gasteiger partial charge in [0.2, 0.25) is 5.91 Å². The van der Waals surface area contributed by atoms with Crippen LogP contribution in [0.25, 0.3) is 0 Å². The van der Waals surface area contributed by atoms with E-state index in [1.807, 2.05) is 35.2 Å².